The van der Waals surface area contributed by atoms with Gasteiger partial charge in [-0.15, -0.1) is 0 Å². The zero-order valence-corrected chi connectivity index (χ0v) is 19.7. The number of hydrogen-bond donors (Lipinski definition) is 1. The van der Waals surface area contributed by atoms with Crippen molar-refractivity contribution >= 4 is 17.7 Å². The van der Waals surface area contributed by atoms with E-state index >= 15 is 0 Å². The van der Waals surface area contributed by atoms with Gasteiger partial charge in [0.25, 0.3) is 5.91 Å². The van der Waals surface area contributed by atoms with Crippen LogP contribution < -0.4 is 10.1 Å². The molecule has 8 nitrogen and oxygen atoms in total. The molecule has 3 aliphatic heterocycles. The Bertz CT molecular complexity index is 1150. The van der Waals surface area contributed by atoms with Crippen molar-refractivity contribution in [3.63, 3.8) is 0 Å². The summed E-state index contributed by atoms with van der Waals surface area (Å²) in [4.78, 5) is 45.0. The van der Waals surface area contributed by atoms with Crippen molar-refractivity contribution in [2.24, 2.45) is 0 Å². The van der Waals surface area contributed by atoms with Crippen LogP contribution in [0.1, 0.15) is 65.9 Å². The normalized spacial score (nSPS) is 27.4. The van der Waals surface area contributed by atoms with Gasteiger partial charge in [-0.05, 0) is 67.1 Å². The fraction of sp³-hybridized carbons (Fsp3) is 0.481. The third-order valence-electron chi connectivity index (χ3n) is 8.01. The topological polar surface area (TPSA) is 91.8 Å². The first-order valence-corrected chi connectivity index (χ1v) is 12.6. The van der Waals surface area contributed by atoms with Gasteiger partial charge in [0.15, 0.2) is 0 Å². The maximum absolute atomic E-state index is 13.0. The predicted octanol–water partition coefficient (Wildman–Crippen LogP) is 2.63. The molecule has 1 aromatic heterocycles. The number of ether oxygens (including phenoxy) is 1. The Morgan fingerprint density at radius 2 is 1.77 bits per heavy atom. The molecule has 1 aromatic carbocycles. The summed E-state index contributed by atoms with van der Waals surface area (Å²) in [5.74, 6) is 0.528. The molecule has 0 spiro atoms. The number of likely N-dealkylation sites (tertiary alicyclic amines) is 1. The smallest absolute Gasteiger partial charge is 0.255 e. The lowest BCUT2D eigenvalue weighted by atomic mass is 9.84. The van der Waals surface area contributed by atoms with Gasteiger partial charge in [0.1, 0.15) is 17.9 Å². The number of piperidine rings is 1. The highest BCUT2D eigenvalue weighted by Crippen LogP contribution is 2.36. The number of fused-ring (bicyclic) bond motifs is 1. The molecule has 3 amide bonds. The highest BCUT2D eigenvalue weighted by Gasteiger charge is 2.41. The lowest BCUT2D eigenvalue weighted by Gasteiger charge is -2.48. The van der Waals surface area contributed by atoms with Crippen LogP contribution in [0.2, 0.25) is 0 Å². The summed E-state index contributed by atoms with van der Waals surface area (Å²) in [5, 5.41) is 2.35. The van der Waals surface area contributed by atoms with Gasteiger partial charge < -0.3 is 9.64 Å². The van der Waals surface area contributed by atoms with Crippen LogP contribution in [0.15, 0.2) is 42.7 Å². The third kappa shape index (κ3) is 4.20. The minimum Gasteiger partial charge on any atom is -0.489 e. The monoisotopic (exact) mass is 474 g/mol. The maximum Gasteiger partial charge on any atom is 0.255 e. The maximum atomic E-state index is 13.0. The van der Waals surface area contributed by atoms with Crippen molar-refractivity contribution in [1.29, 1.82) is 0 Å². The summed E-state index contributed by atoms with van der Waals surface area (Å²) >= 11 is 0. The van der Waals surface area contributed by atoms with Crippen molar-refractivity contribution in [3.8, 4) is 5.75 Å². The van der Waals surface area contributed by atoms with E-state index in [0.29, 0.717) is 30.5 Å². The van der Waals surface area contributed by atoms with E-state index in [2.05, 4.69) is 27.3 Å². The van der Waals surface area contributed by atoms with Crippen LogP contribution in [0.25, 0.3) is 0 Å². The van der Waals surface area contributed by atoms with Crippen molar-refractivity contribution in [3.05, 3.63) is 59.4 Å². The molecule has 6 rings (SSSR count). The Kier molecular flexibility index (Phi) is 5.76. The van der Waals surface area contributed by atoms with Crippen molar-refractivity contribution < 1.29 is 19.1 Å². The van der Waals surface area contributed by atoms with Gasteiger partial charge in [-0.2, -0.15) is 0 Å². The van der Waals surface area contributed by atoms with Crippen LogP contribution in [-0.4, -0.2) is 63.8 Å². The van der Waals surface area contributed by atoms with Crippen LogP contribution >= 0.6 is 0 Å². The average molecular weight is 475 g/mol. The fourth-order valence-corrected chi connectivity index (χ4v) is 6.06. The first kappa shape index (κ1) is 22.2. The van der Waals surface area contributed by atoms with Crippen LogP contribution in [0.5, 0.6) is 5.75 Å². The standard InChI is InChI=1S/C27H30N4O4/c32-25-8-7-23(26(33)29-25)31-16-18-13-20(5-6-21(18)27(31)34)35-24-4-2-1-3-22(24)30-14-19(15-30)17-9-11-28-12-10-17/h5-6,9-13,19,22-24H,1-4,7-8,14-16H2,(H,29,32,33)/t22-,23-,24-/m1/s1. The van der Waals surface area contributed by atoms with E-state index in [-0.39, 0.29) is 30.2 Å². The molecule has 4 aliphatic rings. The summed E-state index contributed by atoms with van der Waals surface area (Å²) in [5.41, 5.74) is 2.85. The van der Waals surface area contributed by atoms with E-state index in [9.17, 15) is 14.4 Å². The van der Waals surface area contributed by atoms with Crippen molar-refractivity contribution in [1.82, 2.24) is 20.1 Å². The highest BCUT2D eigenvalue weighted by atomic mass is 16.5. The second-order valence-corrected chi connectivity index (χ2v) is 10.2. The average Bonchev–Trinajstić information content (AvgIpc) is 3.15. The number of nitrogens with zero attached hydrogens (tertiary/aromatic N) is 3. The largest absolute Gasteiger partial charge is 0.489 e. The van der Waals surface area contributed by atoms with Crippen LogP contribution in [-0.2, 0) is 16.1 Å². The molecule has 1 saturated carbocycles. The second kappa shape index (κ2) is 9.07. The summed E-state index contributed by atoms with van der Waals surface area (Å²) in [6.07, 6.45) is 9.04. The Morgan fingerprint density at radius 1 is 0.971 bits per heavy atom. The van der Waals surface area contributed by atoms with E-state index in [1.807, 2.05) is 30.6 Å². The molecule has 0 unspecified atom stereocenters. The molecule has 4 heterocycles. The van der Waals surface area contributed by atoms with Crippen molar-refractivity contribution in [2.45, 2.75) is 69.2 Å². The van der Waals surface area contributed by atoms with Gasteiger partial charge in [0.05, 0.1) is 0 Å². The molecular weight excluding hydrogens is 444 g/mol. The quantitative estimate of drug-likeness (QED) is 0.670. The Morgan fingerprint density at radius 3 is 2.57 bits per heavy atom. The number of imide groups is 1. The number of carbonyl (C=O) groups is 3. The number of rotatable bonds is 5. The van der Waals surface area contributed by atoms with Gasteiger partial charge in [-0.3, -0.25) is 29.6 Å². The zero-order chi connectivity index (χ0) is 23.9. The number of nitrogens with one attached hydrogen (secondary N) is 1. The molecule has 8 heteroatoms. The van der Waals surface area contributed by atoms with Crippen LogP contribution in [0.4, 0.5) is 0 Å². The molecule has 0 radical (unpaired) electrons. The summed E-state index contributed by atoms with van der Waals surface area (Å²) in [6.45, 7) is 2.47. The predicted molar refractivity (Wildman–Crippen MR) is 128 cm³/mol. The molecule has 3 fully saturated rings. The lowest BCUT2D eigenvalue weighted by Crippen LogP contribution is -2.57. The Labute approximate surface area is 204 Å². The molecule has 1 N–H and O–H groups in total. The molecule has 35 heavy (non-hydrogen) atoms. The van der Waals surface area contributed by atoms with Crippen molar-refractivity contribution in [2.75, 3.05) is 13.1 Å². The summed E-state index contributed by atoms with van der Waals surface area (Å²) in [6, 6.07) is 9.69. The first-order valence-electron chi connectivity index (χ1n) is 12.6. The third-order valence-corrected chi connectivity index (χ3v) is 8.01. The lowest BCUT2D eigenvalue weighted by molar-refractivity contribution is -0.136. The molecule has 2 saturated heterocycles. The zero-order valence-electron chi connectivity index (χ0n) is 19.7. The molecule has 3 atom stereocenters. The minimum absolute atomic E-state index is 0.128. The molecule has 0 bridgehead atoms. The minimum atomic E-state index is -0.598. The molecule has 1 aliphatic carbocycles. The number of hydrogen-bond acceptors (Lipinski definition) is 6. The summed E-state index contributed by atoms with van der Waals surface area (Å²) < 4.78 is 6.54. The number of pyridine rings is 1. The highest BCUT2D eigenvalue weighted by molar-refractivity contribution is 6.05. The second-order valence-electron chi connectivity index (χ2n) is 10.2. The fourth-order valence-electron chi connectivity index (χ4n) is 6.06. The first-order chi connectivity index (χ1) is 17.1. The van der Waals surface area contributed by atoms with E-state index < -0.39 is 6.04 Å². The molecule has 2 aromatic rings. The van der Waals surface area contributed by atoms with Gasteiger partial charge in [-0.25, -0.2) is 0 Å². The van der Waals surface area contributed by atoms with Gasteiger partial charge >= 0.3 is 0 Å². The van der Waals surface area contributed by atoms with Crippen LogP contribution in [0, 0.1) is 0 Å². The number of aromatic nitrogens is 1. The Balaban J connectivity index is 1.12. The van der Waals surface area contributed by atoms with E-state index in [1.54, 1.807) is 4.90 Å². The Hall–Kier alpha value is -3.26. The summed E-state index contributed by atoms with van der Waals surface area (Å²) in [7, 11) is 0. The number of amides is 3. The van der Waals surface area contributed by atoms with E-state index in [0.717, 1.165) is 43.7 Å². The van der Waals surface area contributed by atoms with Crippen LogP contribution in [0.3, 0.4) is 0 Å². The molecular formula is C27H30N4O4. The number of carbonyl (C=O) groups excluding carboxylic acids is 3. The van der Waals surface area contributed by atoms with E-state index in [4.69, 9.17) is 4.74 Å². The van der Waals surface area contributed by atoms with Gasteiger partial charge in [0.2, 0.25) is 11.8 Å². The van der Waals surface area contributed by atoms with E-state index in [1.165, 1.54) is 12.0 Å². The van der Waals surface area contributed by atoms with Gasteiger partial charge in [0, 0.05) is 56.0 Å². The van der Waals surface area contributed by atoms with Gasteiger partial charge in [-0.1, -0.05) is 6.42 Å². The molecule has 182 valence electrons. The SMILES string of the molecule is O=C1CC[C@@H](N2Cc3cc(O[C@@H]4CCCC[C@H]4N4CC(c5ccncc5)C4)ccc3C2=O)C(=O)N1. The number of benzene rings is 1.